The molecular weight excluding hydrogens is 505 g/mol. The lowest BCUT2D eigenvalue weighted by molar-refractivity contribution is 0.0803. The van der Waals surface area contributed by atoms with Crippen molar-refractivity contribution in [3.05, 3.63) is 68.0 Å². The molecule has 1 aromatic carbocycles. The average Bonchev–Trinajstić information content (AvgIpc) is 3.12. The molecule has 0 radical (unpaired) electrons. The Hall–Kier alpha value is -2.42. The highest BCUT2D eigenvalue weighted by Crippen LogP contribution is 2.31. The van der Waals surface area contributed by atoms with E-state index < -0.39 is 5.91 Å². The molecule has 2 heterocycles. The summed E-state index contributed by atoms with van der Waals surface area (Å²) in [5.41, 5.74) is 1.73. The van der Waals surface area contributed by atoms with Crippen molar-refractivity contribution in [2.24, 2.45) is 0 Å². The van der Waals surface area contributed by atoms with Crippen LogP contribution >= 0.6 is 39.1 Å². The van der Waals surface area contributed by atoms with E-state index in [2.05, 4.69) is 26.0 Å². The maximum absolute atomic E-state index is 13.5. The Balaban J connectivity index is 2.12. The standard InChI is InChI=1S/C21H20BrCl2N5O2/c1-5-27(3)20(30)14-10-13(23)9-12(2)18(14)28(4)21(31)16-11-17(22)26-29(16)19-15(24)7-6-8-25-19/h6-11H,5H2,1-4H3. The third kappa shape index (κ3) is 4.61. The Morgan fingerprint density at radius 1 is 1.16 bits per heavy atom. The highest BCUT2D eigenvalue weighted by atomic mass is 79.9. The number of hydrogen-bond acceptors (Lipinski definition) is 4. The van der Waals surface area contributed by atoms with Crippen LogP contribution in [-0.4, -0.2) is 52.1 Å². The monoisotopic (exact) mass is 523 g/mol. The summed E-state index contributed by atoms with van der Waals surface area (Å²) < 4.78 is 1.82. The molecule has 0 aliphatic rings. The molecule has 0 aliphatic heterocycles. The molecule has 0 fully saturated rings. The Kier molecular flexibility index (Phi) is 7.03. The van der Waals surface area contributed by atoms with Gasteiger partial charge in [-0.25, -0.2) is 9.67 Å². The van der Waals surface area contributed by atoms with Crippen LogP contribution in [0.15, 0.2) is 41.1 Å². The number of halogens is 3. The van der Waals surface area contributed by atoms with Crippen LogP contribution in [0, 0.1) is 6.92 Å². The quantitative estimate of drug-likeness (QED) is 0.470. The zero-order valence-electron chi connectivity index (χ0n) is 17.4. The lowest BCUT2D eigenvalue weighted by atomic mass is 10.0. The van der Waals surface area contributed by atoms with E-state index in [1.807, 2.05) is 6.92 Å². The van der Waals surface area contributed by atoms with Gasteiger partial charge in [-0.2, -0.15) is 5.10 Å². The number of pyridine rings is 1. The van der Waals surface area contributed by atoms with E-state index >= 15 is 0 Å². The number of amides is 2. The summed E-state index contributed by atoms with van der Waals surface area (Å²) in [6, 6.07) is 8.22. The smallest absolute Gasteiger partial charge is 0.276 e. The molecule has 0 aliphatic carbocycles. The number of benzene rings is 1. The van der Waals surface area contributed by atoms with Crippen LogP contribution in [0.25, 0.3) is 5.82 Å². The molecule has 0 bridgehead atoms. The predicted molar refractivity (Wildman–Crippen MR) is 126 cm³/mol. The summed E-state index contributed by atoms with van der Waals surface area (Å²) in [5.74, 6) is -0.301. The Bertz CT molecular complexity index is 1160. The number of carbonyl (C=O) groups is 2. The Morgan fingerprint density at radius 3 is 2.52 bits per heavy atom. The number of aromatic nitrogens is 3. The fourth-order valence-electron chi connectivity index (χ4n) is 3.17. The first kappa shape index (κ1) is 23.2. The molecule has 162 valence electrons. The molecule has 2 amide bonds. The lowest BCUT2D eigenvalue weighted by Gasteiger charge is -2.25. The lowest BCUT2D eigenvalue weighted by Crippen LogP contribution is -2.33. The number of nitrogens with zero attached hydrogens (tertiary/aromatic N) is 5. The van der Waals surface area contributed by atoms with Gasteiger partial charge >= 0.3 is 0 Å². The van der Waals surface area contributed by atoms with Gasteiger partial charge in [0, 0.05) is 37.9 Å². The van der Waals surface area contributed by atoms with E-state index in [9.17, 15) is 9.59 Å². The SMILES string of the molecule is CCN(C)C(=O)c1cc(Cl)cc(C)c1N(C)C(=O)c1cc(Br)nn1-c1ncccc1Cl. The first-order valence-corrected chi connectivity index (χ1v) is 10.9. The minimum absolute atomic E-state index is 0.228. The fourth-order valence-corrected chi connectivity index (χ4v) is 4.02. The van der Waals surface area contributed by atoms with Gasteiger partial charge in [-0.3, -0.25) is 9.59 Å². The molecular formula is C21H20BrCl2N5O2. The third-order valence-electron chi connectivity index (χ3n) is 4.80. The van der Waals surface area contributed by atoms with E-state index in [-0.39, 0.29) is 11.6 Å². The molecule has 0 saturated heterocycles. The maximum atomic E-state index is 13.5. The van der Waals surface area contributed by atoms with Gasteiger partial charge in [0.1, 0.15) is 10.3 Å². The van der Waals surface area contributed by atoms with Crippen LogP contribution in [0.4, 0.5) is 5.69 Å². The third-order valence-corrected chi connectivity index (χ3v) is 5.70. The summed E-state index contributed by atoms with van der Waals surface area (Å²) >= 11 is 15.8. The van der Waals surface area contributed by atoms with Crippen molar-refractivity contribution in [1.29, 1.82) is 0 Å². The van der Waals surface area contributed by atoms with Crippen molar-refractivity contribution in [3.63, 3.8) is 0 Å². The van der Waals surface area contributed by atoms with E-state index in [0.717, 1.165) is 0 Å². The van der Waals surface area contributed by atoms with Crippen LogP contribution in [0.5, 0.6) is 0 Å². The minimum Gasteiger partial charge on any atom is -0.342 e. The molecule has 3 aromatic rings. The summed E-state index contributed by atoms with van der Waals surface area (Å²) in [6.45, 7) is 4.19. The minimum atomic E-state index is -0.390. The highest BCUT2D eigenvalue weighted by molar-refractivity contribution is 9.10. The van der Waals surface area contributed by atoms with Crippen molar-refractivity contribution in [1.82, 2.24) is 19.7 Å². The number of aryl methyl sites for hydroxylation is 1. The van der Waals surface area contributed by atoms with Crippen LogP contribution in [-0.2, 0) is 0 Å². The molecule has 0 atom stereocenters. The molecule has 2 aromatic heterocycles. The molecule has 10 heteroatoms. The topological polar surface area (TPSA) is 71.3 Å². The summed E-state index contributed by atoms with van der Waals surface area (Å²) in [6.07, 6.45) is 1.56. The highest BCUT2D eigenvalue weighted by Gasteiger charge is 2.27. The zero-order valence-corrected chi connectivity index (χ0v) is 20.5. The second-order valence-electron chi connectivity index (χ2n) is 6.88. The van der Waals surface area contributed by atoms with Gasteiger partial charge < -0.3 is 9.80 Å². The summed E-state index contributed by atoms with van der Waals surface area (Å²) in [4.78, 5) is 33.7. The Labute approximate surface area is 198 Å². The number of anilines is 1. The first-order valence-electron chi connectivity index (χ1n) is 9.35. The normalized spacial score (nSPS) is 10.8. The molecule has 0 unspecified atom stereocenters. The Morgan fingerprint density at radius 2 is 1.87 bits per heavy atom. The van der Waals surface area contributed by atoms with E-state index in [1.54, 1.807) is 62.4 Å². The second kappa shape index (κ2) is 9.38. The van der Waals surface area contributed by atoms with Gasteiger partial charge in [-0.15, -0.1) is 0 Å². The number of rotatable bonds is 5. The molecule has 0 saturated carbocycles. The van der Waals surface area contributed by atoms with E-state index in [1.165, 1.54) is 9.58 Å². The van der Waals surface area contributed by atoms with Crippen LogP contribution in [0.2, 0.25) is 10.0 Å². The van der Waals surface area contributed by atoms with Crippen LogP contribution in [0.1, 0.15) is 33.3 Å². The van der Waals surface area contributed by atoms with Crippen molar-refractivity contribution in [2.75, 3.05) is 25.5 Å². The van der Waals surface area contributed by atoms with Gasteiger partial charge in [0.05, 0.1) is 16.3 Å². The number of carbonyl (C=O) groups excluding carboxylic acids is 2. The maximum Gasteiger partial charge on any atom is 0.276 e. The van der Waals surface area contributed by atoms with Crippen molar-refractivity contribution < 1.29 is 9.59 Å². The van der Waals surface area contributed by atoms with E-state index in [4.69, 9.17) is 23.2 Å². The predicted octanol–water partition coefficient (Wildman–Crippen LogP) is 5.01. The van der Waals surface area contributed by atoms with Crippen LogP contribution in [0.3, 0.4) is 0 Å². The average molecular weight is 525 g/mol. The molecule has 3 rings (SSSR count). The molecule has 0 spiro atoms. The fraction of sp³-hybridized carbons (Fsp3) is 0.238. The molecule has 0 N–H and O–H groups in total. The van der Waals surface area contributed by atoms with Crippen molar-refractivity contribution in [2.45, 2.75) is 13.8 Å². The van der Waals surface area contributed by atoms with Crippen molar-refractivity contribution >= 4 is 56.6 Å². The zero-order chi connectivity index (χ0) is 22.9. The van der Waals surface area contributed by atoms with Gasteiger partial charge in [0.15, 0.2) is 5.82 Å². The second-order valence-corrected chi connectivity index (χ2v) is 8.53. The molecule has 7 nitrogen and oxygen atoms in total. The van der Waals surface area contributed by atoms with Gasteiger partial charge in [-0.1, -0.05) is 23.2 Å². The van der Waals surface area contributed by atoms with E-state index in [0.29, 0.717) is 43.8 Å². The summed E-state index contributed by atoms with van der Waals surface area (Å²) in [7, 11) is 3.30. The van der Waals surface area contributed by atoms with Gasteiger partial charge in [-0.05, 0) is 59.6 Å². The summed E-state index contributed by atoms with van der Waals surface area (Å²) in [5, 5.41) is 5.08. The number of hydrogen-bond donors (Lipinski definition) is 0. The van der Waals surface area contributed by atoms with Gasteiger partial charge in [0.2, 0.25) is 0 Å². The van der Waals surface area contributed by atoms with Crippen LogP contribution < -0.4 is 4.90 Å². The largest absolute Gasteiger partial charge is 0.342 e. The first-order chi connectivity index (χ1) is 14.6. The van der Waals surface area contributed by atoms with Crippen molar-refractivity contribution in [3.8, 4) is 5.82 Å². The van der Waals surface area contributed by atoms with Gasteiger partial charge in [0.25, 0.3) is 11.8 Å². The molecule has 31 heavy (non-hydrogen) atoms.